The first-order valence-corrected chi connectivity index (χ1v) is 6.76. The van der Waals surface area contributed by atoms with Gasteiger partial charge < -0.3 is 5.11 Å². The van der Waals surface area contributed by atoms with Crippen LogP contribution >= 0.6 is 0 Å². The third-order valence-electron chi connectivity index (χ3n) is 4.63. The molecule has 2 nitrogen and oxygen atoms in total. The molecule has 0 saturated heterocycles. The SMILES string of the molecule is CCCC(C)(C)C(C)(CC(C)(C)CC)C(=O)O. The van der Waals surface area contributed by atoms with Crippen molar-refractivity contribution in [2.24, 2.45) is 16.2 Å². The molecule has 0 aliphatic heterocycles. The standard InChI is InChI=1S/C15H30O2/c1-8-10-14(5,6)15(7,12(16)17)11-13(3,4)9-2/h8-11H2,1-7H3,(H,16,17). The van der Waals surface area contributed by atoms with Crippen molar-refractivity contribution in [2.75, 3.05) is 0 Å². The van der Waals surface area contributed by atoms with Gasteiger partial charge >= 0.3 is 5.97 Å². The van der Waals surface area contributed by atoms with Gasteiger partial charge in [-0.25, -0.2) is 0 Å². The van der Waals surface area contributed by atoms with E-state index in [4.69, 9.17) is 0 Å². The van der Waals surface area contributed by atoms with Gasteiger partial charge in [0.25, 0.3) is 0 Å². The Morgan fingerprint density at radius 2 is 1.53 bits per heavy atom. The molecule has 0 aliphatic carbocycles. The maximum atomic E-state index is 11.7. The monoisotopic (exact) mass is 242 g/mol. The van der Waals surface area contributed by atoms with Crippen LogP contribution in [-0.2, 0) is 4.79 Å². The average Bonchev–Trinajstić information content (AvgIpc) is 2.16. The summed E-state index contributed by atoms with van der Waals surface area (Å²) in [7, 11) is 0. The van der Waals surface area contributed by atoms with E-state index in [0.717, 1.165) is 25.7 Å². The second-order valence-electron chi connectivity index (χ2n) is 6.97. The molecule has 0 fully saturated rings. The minimum Gasteiger partial charge on any atom is -0.481 e. The normalized spacial score (nSPS) is 16.6. The zero-order chi connectivity index (χ0) is 13.9. The van der Waals surface area contributed by atoms with Crippen molar-refractivity contribution >= 4 is 5.97 Å². The van der Waals surface area contributed by atoms with Crippen molar-refractivity contribution in [3.05, 3.63) is 0 Å². The first-order valence-electron chi connectivity index (χ1n) is 6.76. The van der Waals surface area contributed by atoms with Crippen LogP contribution in [0.25, 0.3) is 0 Å². The molecule has 0 aromatic heterocycles. The molecule has 102 valence electrons. The second-order valence-corrected chi connectivity index (χ2v) is 6.97. The van der Waals surface area contributed by atoms with E-state index < -0.39 is 11.4 Å². The Kier molecular flexibility index (Phi) is 5.24. The molecule has 0 aliphatic rings. The highest BCUT2D eigenvalue weighted by atomic mass is 16.4. The summed E-state index contributed by atoms with van der Waals surface area (Å²) in [6.07, 6.45) is 3.73. The van der Waals surface area contributed by atoms with Gasteiger partial charge in [0.15, 0.2) is 0 Å². The van der Waals surface area contributed by atoms with Crippen molar-refractivity contribution < 1.29 is 9.90 Å². The molecule has 1 unspecified atom stereocenters. The first kappa shape index (κ1) is 16.5. The molecule has 0 saturated carbocycles. The number of hydrogen-bond donors (Lipinski definition) is 1. The zero-order valence-electron chi connectivity index (χ0n) is 12.7. The Balaban J connectivity index is 5.25. The van der Waals surface area contributed by atoms with E-state index in [-0.39, 0.29) is 10.8 Å². The zero-order valence-corrected chi connectivity index (χ0v) is 12.7. The largest absolute Gasteiger partial charge is 0.481 e. The fourth-order valence-corrected chi connectivity index (χ4v) is 2.59. The lowest BCUT2D eigenvalue weighted by Gasteiger charge is -2.45. The molecule has 1 atom stereocenters. The first-order chi connectivity index (χ1) is 7.52. The molecule has 0 aromatic carbocycles. The molecule has 0 radical (unpaired) electrons. The van der Waals surface area contributed by atoms with Crippen molar-refractivity contribution in [1.29, 1.82) is 0 Å². The lowest BCUT2D eigenvalue weighted by molar-refractivity contribution is -0.159. The summed E-state index contributed by atoms with van der Waals surface area (Å²) in [6.45, 7) is 14.7. The van der Waals surface area contributed by atoms with Crippen molar-refractivity contribution in [2.45, 2.75) is 74.1 Å². The van der Waals surface area contributed by atoms with Crippen LogP contribution in [-0.4, -0.2) is 11.1 Å². The fourth-order valence-electron chi connectivity index (χ4n) is 2.59. The lowest BCUT2D eigenvalue weighted by Crippen LogP contribution is -2.45. The van der Waals surface area contributed by atoms with Gasteiger partial charge in [0.05, 0.1) is 5.41 Å². The molecule has 2 heteroatoms. The molecule has 0 bridgehead atoms. The molecule has 0 aromatic rings. The predicted molar refractivity (Wildman–Crippen MR) is 73.1 cm³/mol. The Labute approximate surface area is 107 Å². The average molecular weight is 242 g/mol. The van der Waals surface area contributed by atoms with Gasteiger partial charge in [0, 0.05) is 0 Å². The van der Waals surface area contributed by atoms with E-state index in [1.54, 1.807) is 0 Å². The van der Waals surface area contributed by atoms with Crippen LogP contribution in [0.15, 0.2) is 0 Å². The van der Waals surface area contributed by atoms with Gasteiger partial charge in [0.2, 0.25) is 0 Å². The highest BCUT2D eigenvalue weighted by Gasteiger charge is 2.49. The quantitative estimate of drug-likeness (QED) is 0.700. The van der Waals surface area contributed by atoms with Gasteiger partial charge in [-0.1, -0.05) is 54.4 Å². The number of carboxylic acids is 1. The summed E-state index contributed by atoms with van der Waals surface area (Å²) in [4.78, 5) is 11.7. The van der Waals surface area contributed by atoms with Crippen LogP contribution < -0.4 is 0 Å². The van der Waals surface area contributed by atoms with E-state index in [9.17, 15) is 9.90 Å². The van der Waals surface area contributed by atoms with Gasteiger partial charge in [-0.05, 0) is 30.6 Å². The number of rotatable bonds is 7. The Morgan fingerprint density at radius 3 is 1.82 bits per heavy atom. The number of hydrogen-bond acceptors (Lipinski definition) is 1. The van der Waals surface area contributed by atoms with E-state index in [2.05, 4.69) is 41.5 Å². The summed E-state index contributed by atoms with van der Waals surface area (Å²) in [5.74, 6) is -0.655. The summed E-state index contributed by atoms with van der Waals surface area (Å²) in [5, 5.41) is 9.65. The third kappa shape index (κ3) is 3.72. The van der Waals surface area contributed by atoms with Crippen LogP contribution in [0.4, 0.5) is 0 Å². The highest BCUT2D eigenvalue weighted by molar-refractivity contribution is 5.75. The number of carbonyl (C=O) groups is 1. The molecule has 0 heterocycles. The smallest absolute Gasteiger partial charge is 0.309 e. The van der Waals surface area contributed by atoms with Crippen molar-refractivity contribution in [3.63, 3.8) is 0 Å². The molecular weight excluding hydrogens is 212 g/mol. The topological polar surface area (TPSA) is 37.3 Å². The third-order valence-corrected chi connectivity index (χ3v) is 4.63. The second kappa shape index (κ2) is 5.41. The van der Waals surface area contributed by atoms with E-state index in [1.807, 2.05) is 6.92 Å². The summed E-state index contributed by atoms with van der Waals surface area (Å²) < 4.78 is 0. The van der Waals surface area contributed by atoms with Crippen molar-refractivity contribution in [3.8, 4) is 0 Å². The maximum absolute atomic E-state index is 11.7. The minimum atomic E-state index is -0.655. The van der Waals surface area contributed by atoms with Crippen LogP contribution in [0.5, 0.6) is 0 Å². The minimum absolute atomic E-state index is 0.0815. The van der Waals surface area contributed by atoms with Gasteiger partial charge in [-0.2, -0.15) is 0 Å². The maximum Gasteiger partial charge on any atom is 0.309 e. The Bertz CT molecular complexity index is 266. The predicted octanol–water partition coefficient (Wildman–Crippen LogP) is 4.73. The lowest BCUT2D eigenvalue weighted by atomic mass is 9.58. The molecule has 17 heavy (non-hydrogen) atoms. The van der Waals surface area contributed by atoms with E-state index >= 15 is 0 Å². The summed E-state index contributed by atoms with van der Waals surface area (Å²) >= 11 is 0. The van der Waals surface area contributed by atoms with Crippen LogP contribution in [0.1, 0.15) is 74.1 Å². The fraction of sp³-hybridized carbons (Fsp3) is 0.933. The molecular formula is C15H30O2. The van der Waals surface area contributed by atoms with Gasteiger partial charge in [0.1, 0.15) is 0 Å². The van der Waals surface area contributed by atoms with Crippen LogP contribution in [0.2, 0.25) is 0 Å². The van der Waals surface area contributed by atoms with Crippen molar-refractivity contribution in [1.82, 2.24) is 0 Å². The van der Waals surface area contributed by atoms with E-state index in [1.165, 1.54) is 0 Å². The van der Waals surface area contributed by atoms with Gasteiger partial charge in [-0.3, -0.25) is 4.79 Å². The highest BCUT2D eigenvalue weighted by Crippen LogP contribution is 2.50. The van der Waals surface area contributed by atoms with Gasteiger partial charge in [-0.15, -0.1) is 0 Å². The van der Waals surface area contributed by atoms with E-state index in [0.29, 0.717) is 0 Å². The molecule has 0 spiro atoms. The molecule has 0 rings (SSSR count). The summed E-state index contributed by atoms with van der Waals surface area (Å²) in [6, 6.07) is 0. The Morgan fingerprint density at radius 1 is 1.06 bits per heavy atom. The molecule has 0 amide bonds. The van der Waals surface area contributed by atoms with Crippen LogP contribution in [0, 0.1) is 16.2 Å². The Hall–Kier alpha value is -0.530. The number of aliphatic carboxylic acids is 1. The molecule has 1 N–H and O–H groups in total. The van der Waals surface area contributed by atoms with Crippen LogP contribution in [0.3, 0.4) is 0 Å². The summed E-state index contributed by atoms with van der Waals surface area (Å²) in [5.41, 5.74) is -0.735. The number of carboxylic acid groups (broad SMARTS) is 1.